The number of carbonyl (C=O) groups is 1. The number of benzene rings is 2. The molecule has 1 atom stereocenters. The van der Waals surface area contributed by atoms with Crippen molar-refractivity contribution in [1.82, 2.24) is 19.2 Å². The first-order valence-corrected chi connectivity index (χ1v) is 13.9. The van der Waals surface area contributed by atoms with Crippen LogP contribution in [0.2, 0.25) is 0 Å². The van der Waals surface area contributed by atoms with E-state index in [0.717, 1.165) is 30.6 Å². The maximum Gasteiger partial charge on any atom is 0.243 e. The van der Waals surface area contributed by atoms with E-state index in [0.29, 0.717) is 51.2 Å². The zero-order valence-corrected chi connectivity index (χ0v) is 20.9. The predicted octanol–water partition coefficient (Wildman–Crippen LogP) is 3.20. The summed E-state index contributed by atoms with van der Waals surface area (Å²) < 4.78 is 34.9. The lowest BCUT2D eigenvalue weighted by atomic mass is 9.87. The Bertz CT molecular complexity index is 1330. The second kappa shape index (κ2) is 10.1. The SMILES string of the molecule is CCn1c(CCC(=O)N[C@@H]2CCCc3ccccc32)nc2cc(S(=O)(=O)N3CCOCC3)ccc21. The summed E-state index contributed by atoms with van der Waals surface area (Å²) in [6.07, 6.45) is 3.92. The van der Waals surface area contributed by atoms with Gasteiger partial charge in [0.1, 0.15) is 5.82 Å². The summed E-state index contributed by atoms with van der Waals surface area (Å²) in [7, 11) is -3.59. The Hall–Kier alpha value is -2.75. The third-order valence-corrected chi connectivity index (χ3v) is 8.90. The number of rotatable bonds is 7. The Labute approximate surface area is 206 Å². The highest BCUT2D eigenvalue weighted by Crippen LogP contribution is 2.29. The monoisotopic (exact) mass is 496 g/mol. The molecule has 0 radical (unpaired) electrons. The van der Waals surface area contributed by atoms with E-state index in [1.165, 1.54) is 15.4 Å². The first-order chi connectivity index (χ1) is 17.0. The van der Waals surface area contributed by atoms with Crippen LogP contribution in [0.4, 0.5) is 0 Å². The largest absolute Gasteiger partial charge is 0.379 e. The molecule has 1 N–H and O–H groups in total. The number of nitrogens with one attached hydrogen (secondary N) is 1. The molecule has 1 amide bonds. The topological polar surface area (TPSA) is 93.5 Å². The number of hydrogen-bond acceptors (Lipinski definition) is 5. The number of aromatic nitrogens is 2. The second-order valence-corrected chi connectivity index (χ2v) is 11.1. The summed E-state index contributed by atoms with van der Waals surface area (Å²) in [5.41, 5.74) is 4.06. The van der Waals surface area contributed by atoms with Crippen LogP contribution in [0.3, 0.4) is 0 Å². The van der Waals surface area contributed by atoms with Crippen LogP contribution >= 0.6 is 0 Å². The Balaban J connectivity index is 1.31. The van der Waals surface area contributed by atoms with Crippen LogP contribution in [0.15, 0.2) is 47.4 Å². The van der Waals surface area contributed by atoms with E-state index in [1.807, 2.05) is 19.1 Å². The van der Waals surface area contributed by atoms with Crippen molar-refractivity contribution in [2.24, 2.45) is 0 Å². The van der Waals surface area contributed by atoms with Crippen LogP contribution in [-0.4, -0.2) is 54.5 Å². The van der Waals surface area contributed by atoms with Crippen LogP contribution < -0.4 is 5.32 Å². The van der Waals surface area contributed by atoms with Gasteiger partial charge in [0.05, 0.1) is 35.2 Å². The van der Waals surface area contributed by atoms with Gasteiger partial charge in [0, 0.05) is 32.5 Å². The molecule has 35 heavy (non-hydrogen) atoms. The maximum absolute atomic E-state index is 13.1. The van der Waals surface area contributed by atoms with Gasteiger partial charge in [-0.3, -0.25) is 4.79 Å². The van der Waals surface area contributed by atoms with Gasteiger partial charge >= 0.3 is 0 Å². The summed E-state index contributed by atoms with van der Waals surface area (Å²) in [4.78, 5) is 17.8. The highest BCUT2D eigenvalue weighted by atomic mass is 32.2. The van der Waals surface area contributed by atoms with Crippen molar-refractivity contribution in [2.45, 2.75) is 56.5 Å². The van der Waals surface area contributed by atoms with Crippen molar-refractivity contribution in [3.63, 3.8) is 0 Å². The Morgan fingerprint density at radius 1 is 1.17 bits per heavy atom. The zero-order chi connectivity index (χ0) is 24.4. The number of aryl methyl sites for hydroxylation is 3. The van der Waals surface area contributed by atoms with E-state index >= 15 is 0 Å². The van der Waals surface area contributed by atoms with E-state index in [-0.39, 0.29) is 16.8 Å². The molecule has 3 aromatic rings. The van der Waals surface area contributed by atoms with E-state index < -0.39 is 10.0 Å². The van der Waals surface area contributed by atoms with Crippen LogP contribution in [0, 0.1) is 0 Å². The standard InChI is InChI=1S/C26H32N4O4S/c1-2-30-24-11-10-20(35(32,33)29-14-16-34-17-15-29)18-23(24)27-25(30)12-13-26(31)28-22-9-5-7-19-6-3-4-8-21(19)22/h3-4,6,8,10-11,18,22H,2,5,7,9,12-17H2,1H3,(H,28,31)/t22-/m1/s1. The first kappa shape index (κ1) is 24.0. The Morgan fingerprint density at radius 2 is 1.97 bits per heavy atom. The summed E-state index contributed by atoms with van der Waals surface area (Å²) in [6.45, 7) is 4.25. The molecule has 8 nitrogen and oxygen atoms in total. The number of amides is 1. The third kappa shape index (κ3) is 4.85. The van der Waals surface area contributed by atoms with Crippen molar-refractivity contribution in [1.29, 1.82) is 0 Å². The molecular weight excluding hydrogens is 464 g/mol. The molecule has 0 bridgehead atoms. The molecule has 0 saturated carbocycles. The predicted molar refractivity (Wildman–Crippen MR) is 134 cm³/mol. The number of imidazole rings is 1. The van der Waals surface area contributed by atoms with Gasteiger partial charge in [0.2, 0.25) is 15.9 Å². The van der Waals surface area contributed by atoms with Gasteiger partial charge in [-0.1, -0.05) is 24.3 Å². The highest BCUT2D eigenvalue weighted by Gasteiger charge is 2.27. The number of ether oxygens (including phenoxy) is 1. The molecule has 1 aliphatic heterocycles. The van der Waals surface area contributed by atoms with Crippen molar-refractivity contribution >= 4 is 27.0 Å². The minimum absolute atomic E-state index is 0.0111. The fourth-order valence-electron chi connectivity index (χ4n) is 5.20. The molecular formula is C26H32N4O4S. The van der Waals surface area contributed by atoms with E-state index in [1.54, 1.807) is 12.1 Å². The van der Waals surface area contributed by atoms with Gasteiger partial charge < -0.3 is 14.6 Å². The van der Waals surface area contributed by atoms with E-state index in [9.17, 15) is 13.2 Å². The minimum Gasteiger partial charge on any atom is -0.379 e. The lowest BCUT2D eigenvalue weighted by molar-refractivity contribution is -0.121. The van der Waals surface area contributed by atoms with Gasteiger partial charge in [-0.05, 0) is 55.5 Å². The van der Waals surface area contributed by atoms with Crippen LogP contribution in [0.25, 0.3) is 11.0 Å². The molecule has 5 rings (SSSR count). The molecule has 2 aliphatic rings. The fraction of sp³-hybridized carbons (Fsp3) is 0.462. The van der Waals surface area contributed by atoms with Gasteiger partial charge in [-0.2, -0.15) is 4.31 Å². The molecule has 2 heterocycles. The first-order valence-electron chi connectivity index (χ1n) is 12.4. The Morgan fingerprint density at radius 3 is 2.77 bits per heavy atom. The normalized spacial score (nSPS) is 18.9. The van der Waals surface area contributed by atoms with E-state index in [2.05, 4.69) is 28.1 Å². The number of fused-ring (bicyclic) bond motifs is 2. The smallest absolute Gasteiger partial charge is 0.243 e. The molecule has 0 unspecified atom stereocenters. The lowest BCUT2D eigenvalue weighted by Crippen LogP contribution is -2.40. The van der Waals surface area contributed by atoms with Crippen LogP contribution in [0.5, 0.6) is 0 Å². The van der Waals surface area contributed by atoms with Crippen molar-refractivity contribution in [3.8, 4) is 0 Å². The van der Waals surface area contributed by atoms with Crippen molar-refractivity contribution < 1.29 is 17.9 Å². The lowest BCUT2D eigenvalue weighted by Gasteiger charge is -2.26. The van der Waals surface area contributed by atoms with Gasteiger partial charge in [0.15, 0.2) is 0 Å². The molecule has 186 valence electrons. The zero-order valence-electron chi connectivity index (χ0n) is 20.1. The number of morpholine rings is 1. The maximum atomic E-state index is 13.1. The van der Waals surface area contributed by atoms with Crippen molar-refractivity contribution in [3.05, 3.63) is 59.4 Å². The van der Waals surface area contributed by atoms with Crippen LogP contribution in [-0.2, 0) is 38.9 Å². The third-order valence-electron chi connectivity index (χ3n) is 7.00. The quantitative estimate of drug-likeness (QED) is 0.542. The number of nitrogens with zero attached hydrogens (tertiary/aromatic N) is 3. The summed E-state index contributed by atoms with van der Waals surface area (Å²) in [6, 6.07) is 13.5. The number of carbonyl (C=O) groups excluding carboxylic acids is 1. The average molecular weight is 497 g/mol. The molecule has 1 saturated heterocycles. The highest BCUT2D eigenvalue weighted by molar-refractivity contribution is 7.89. The van der Waals surface area contributed by atoms with Crippen molar-refractivity contribution in [2.75, 3.05) is 26.3 Å². The molecule has 0 spiro atoms. The summed E-state index contributed by atoms with van der Waals surface area (Å²) in [5.74, 6) is 0.805. The molecule has 1 aromatic heterocycles. The van der Waals surface area contributed by atoms with Gasteiger partial charge in [0.25, 0.3) is 0 Å². The van der Waals surface area contributed by atoms with E-state index in [4.69, 9.17) is 9.72 Å². The Kier molecular flexibility index (Phi) is 6.91. The van der Waals surface area contributed by atoms with Crippen LogP contribution in [0.1, 0.15) is 49.2 Å². The minimum atomic E-state index is -3.59. The fourth-order valence-corrected chi connectivity index (χ4v) is 6.62. The van der Waals surface area contributed by atoms with Gasteiger partial charge in [-0.15, -0.1) is 0 Å². The number of hydrogen-bond donors (Lipinski definition) is 1. The summed E-state index contributed by atoms with van der Waals surface area (Å²) in [5, 5.41) is 3.21. The number of sulfonamides is 1. The average Bonchev–Trinajstić information content (AvgIpc) is 3.25. The second-order valence-electron chi connectivity index (χ2n) is 9.15. The molecule has 2 aromatic carbocycles. The molecule has 1 aliphatic carbocycles. The molecule has 9 heteroatoms. The van der Waals surface area contributed by atoms with Gasteiger partial charge in [-0.25, -0.2) is 13.4 Å². The summed E-state index contributed by atoms with van der Waals surface area (Å²) >= 11 is 0. The molecule has 1 fully saturated rings.